The Morgan fingerprint density at radius 2 is 1.55 bits per heavy atom. The summed E-state index contributed by atoms with van der Waals surface area (Å²) in [5.41, 5.74) is 1.76. The standard InChI is InChI=1S/C23H24N2O5S/c1-17-7-13-20(14-8-17)31(27,28)25-19-11-9-18(10-12-19)23(26)24-15-16-30-22-6-4-3-5-21(22)29-2/h3-14,25H,15-16H2,1-2H3,(H,24,26). The van der Waals surface area contributed by atoms with E-state index in [1.807, 2.05) is 19.1 Å². The lowest BCUT2D eigenvalue weighted by molar-refractivity contribution is 0.0947. The third-order valence-corrected chi connectivity index (χ3v) is 5.84. The number of carbonyl (C=O) groups excluding carboxylic acids is 1. The minimum absolute atomic E-state index is 0.176. The lowest BCUT2D eigenvalue weighted by Gasteiger charge is -2.11. The van der Waals surface area contributed by atoms with E-state index in [2.05, 4.69) is 10.0 Å². The second-order valence-electron chi connectivity index (χ2n) is 6.75. The van der Waals surface area contributed by atoms with Crippen molar-refractivity contribution in [1.82, 2.24) is 5.32 Å². The molecule has 0 aliphatic rings. The Kier molecular flexibility index (Phi) is 7.15. The molecular formula is C23H24N2O5S. The molecule has 0 spiro atoms. The minimum atomic E-state index is -3.69. The molecule has 0 unspecified atom stereocenters. The minimum Gasteiger partial charge on any atom is -0.493 e. The van der Waals surface area contributed by atoms with E-state index in [-0.39, 0.29) is 17.4 Å². The summed E-state index contributed by atoms with van der Waals surface area (Å²) >= 11 is 0. The zero-order valence-electron chi connectivity index (χ0n) is 17.3. The van der Waals surface area contributed by atoms with Crippen LogP contribution in [0.15, 0.2) is 77.7 Å². The second kappa shape index (κ2) is 9.99. The lowest BCUT2D eigenvalue weighted by Crippen LogP contribution is -2.28. The number of para-hydroxylation sites is 2. The number of carbonyl (C=O) groups is 1. The average molecular weight is 441 g/mol. The highest BCUT2D eigenvalue weighted by Gasteiger charge is 2.14. The fourth-order valence-corrected chi connectivity index (χ4v) is 3.85. The fourth-order valence-electron chi connectivity index (χ4n) is 2.79. The Morgan fingerprint density at radius 3 is 2.19 bits per heavy atom. The van der Waals surface area contributed by atoms with Crippen molar-refractivity contribution in [3.63, 3.8) is 0 Å². The maximum absolute atomic E-state index is 12.5. The highest BCUT2D eigenvalue weighted by molar-refractivity contribution is 7.92. The maximum Gasteiger partial charge on any atom is 0.261 e. The number of aryl methyl sites for hydroxylation is 1. The van der Waals surface area contributed by atoms with Gasteiger partial charge in [0.1, 0.15) is 6.61 Å². The SMILES string of the molecule is COc1ccccc1OCCNC(=O)c1ccc(NS(=O)(=O)c2ccc(C)cc2)cc1. The van der Waals surface area contributed by atoms with Crippen LogP contribution in [0.4, 0.5) is 5.69 Å². The number of amides is 1. The van der Waals surface area contributed by atoms with Gasteiger partial charge in [0.15, 0.2) is 11.5 Å². The first-order valence-electron chi connectivity index (χ1n) is 9.62. The van der Waals surface area contributed by atoms with Gasteiger partial charge in [0.25, 0.3) is 15.9 Å². The van der Waals surface area contributed by atoms with Crippen molar-refractivity contribution in [2.75, 3.05) is 25.0 Å². The van der Waals surface area contributed by atoms with Crippen LogP contribution in [0.25, 0.3) is 0 Å². The van der Waals surface area contributed by atoms with Gasteiger partial charge in [0.05, 0.1) is 18.6 Å². The van der Waals surface area contributed by atoms with Gasteiger partial charge in [-0.2, -0.15) is 0 Å². The normalized spacial score (nSPS) is 10.9. The molecule has 8 heteroatoms. The van der Waals surface area contributed by atoms with Crippen LogP contribution in [0.5, 0.6) is 11.5 Å². The van der Waals surface area contributed by atoms with Crippen LogP contribution in [0, 0.1) is 6.92 Å². The number of methoxy groups -OCH3 is 1. The number of rotatable bonds is 9. The van der Waals surface area contributed by atoms with Crippen molar-refractivity contribution >= 4 is 21.6 Å². The van der Waals surface area contributed by atoms with Crippen LogP contribution in [0.2, 0.25) is 0 Å². The monoisotopic (exact) mass is 440 g/mol. The van der Waals surface area contributed by atoms with Crippen molar-refractivity contribution < 1.29 is 22.7 Å². The number of anilines is 1. The van der Waals surface area contributed by atoms with Crippen molar-refractivity contribution in [2.24, 2.45) is 0 Å². The molecule has 162 valence electrons. The Morgan fingerprint density at radius 1 is 0.903 bits per heavy atom. The molecule has 2 N–H and O–H groups in total. The van der Waals surface area contributed by atoms with E-state index in [9.17, 15) is 13.2 Å². The molecular weight excluding hydrogens is 416 g/mol. The number of sulfonamides is 1. The molecule has 0 saturated carbocycles. The molecule has 0 aliphatic carbocycles. The maximum atomic E-state index is 12.5. The Bertz CT molecular complexity index is 1130. The van der Waals surface area contributed by atoms with Gasteiger partial charge >= 0.3 is 0 Å². The van der Waals surface area contributed by atoms with Crippen LogP contribution in [0.1, 0.15) is 15.9 Å². The third-order valence-electron chi connectivity index (χ3n) is 4.44. The van der Waals surface area contributed by atoms with E-state index in [0.717, 1.165) is 5.56 Å². The van der Waals surface area contributed by atoms with Gasteiger partial charge in [-0.1, -0.05) is 29.8 Å². The Balaban J connectivity index is 1.52. The molecule has 0 aliphatic heterocycles. The summed E-state index contributed by atoms with van der Waals surface area (Å²) in [6.45, 7) is 2.47. The summed E-state index contributed by atoms with van der Waals surface area (Å²) in [5, 5.41) is 2.76. The fraction of sp³-hybridized carbons (Fsp3) is 0.174. The van der Waals surface area contributed by atoms with Gasteiger partial charge in [-0.05, 0) is 55.5 Å². The first kappa shape index (κ1) is 22.2. The molecule has 7 nitrogen and oxygen atoms in total. The molecule has 0 aromatic heterocycles. The van der Waals surface area contributed by atoms with Crippen LogP contribution in [-0.2, 0) is 10.0 Å². The van der Waals surface area contributed by atoms with E-state index in [1.165, 1.54) is 0 Å². The molecule has 0 atom stereocenters. The van der Waals surface area contributed by atoms with Gasteiger partial charge in [0, 0.05) is 11.3 Å². The first-order valence-corrected chi connectivity index (χ1v) is 11.1. The van der Waals surface area contributed by atoms with E-state index in [4.69, 9.17) is 9.47 Å². The summed E-state index contributed by atoms with van der Waals surface area (Å²) in [4.78, 5) is 12.5. The number of hydrogen-bond donors (Lipinski definition) is 2. The molecule has 0 fully saturated rings. The number of ether oxygens (including phenoxy) is 2. The highest BCUT2D eigenvalue weighted by atomic mass is 32.2. The van der Waals surface area contributed by atoms with Crippen LogP contribution >= 0.6 is 0 Å². The molecule has 0 radical (unpaired) electrons. The van der Waals surface area contributed by atoms with Crippen LogP contribution < -0.4 is 19.5 Å². The highest BCUT2D eigenvalue weighted by Crippen LogP contribution is 2.25. The van der Waals surface area contributed by atoms with Gasteiger partial charge in [-0.15, -0.1) is 0 Å². The predicted octanol–water partition coefficient (Wildman–Crippen LogP) is 3.61. The predicted molar refractivity (Wildman–Crippen MR) is 119 cm³/mol. The third kappa shape index (κ3) is 5.99. The van der Waals surface area contributed by atoms with Gasteiger partial charge < -0.3 is 14.8 Å². The Labute approximate surface area is 182 Å². The second-order valence-corrected chi connectivity index (χ2v) is 8.43. The molecule has 1 amide bonds. The molecule has 31 heavy (non-hydrogen) atoms. The number of hydrogen-bond acceptors (Lipinski definition) is 5. The van der Waals surface area contributed by atoms with E-state index in [1.54, 1.807) is 67.8 Å². The zero-order chi connectivity index (χ0) is 22.3. The topological polar surface area (TPSA) is 93.7 Å². The van der Waals surface area contributed by atoms with Gasteiger partial charge in [-0.25, -0.2) is 8.42 Å². The lowest BCUT2D eigenvalue weighted by atomic mass is 10.2. The van der Waals surface area contributed by atoms with Crippen LogP contribution in [-0.4, -0.2) is 34.6 Å². The van der Waals surface area contributed by atoms with Crippen molar-refractivity contribution in [1.29, 1.82) is 0 Å². The number of benzene rings is 3. The first-order chi connectivity index (χ1) is 14.9. The summed E-state index contributed by atoms with van der Waals surface area (Å²) in [5.74, 6) is 0.943. The summed E-state index contributed by atoms with van der Waals surface area (Å²) in [7, 11) is -2.13. The number of nitrogens with one attached hydrogen (secondary N) is 2. The average Bonchev–Trinajstić information content (AvgIpc) is 2.77. The summed E-state index contributed by atoms with van der Waals surface area (Å²) < 4.78 is 38.3. The van der Waals surface area contributed by atoms with E-state index >= 15 is 0 Å². The van der Waals surface area contributed by atoms with Gasteiger partial charge in [-0.3, -0.25) is 9.52 Å². The molecule has 0 heterocycles. The molecule has 3 aromatic carbocycles. The Hall–Kier alpha value is -3.52. The van der Waals surface area contributed by atoms with Crippen molar-refractivity contribution in [3.8, 4) is 11.5 Å². The summed E-state index contributed by atoms with van der Waals surface area (Å²) in [6, 6.07) is 20.0. The van der Waals surface area contributed by atoms with E-state index < -0.39 is 10.0 Å². The molecule has 3 aromatic rings. The summed E-state index contributed by atoms with van der Waals surface area (Å²) in [6.07, 6.45) is 0. The molecule has 0 bridgehead atoms. The zero-order valence-corrected chi connectivity index (χ0v) is 18.1. The molecule has 0 saturated heterocycles. The quantitative estimate of drug-likeness (QED) is 0.496. The van der Waals surface area contributed by atoms with E-state index in [0.29, 0.717) is 29.3 Å². The van der Waals surface area contributed by atoms with Gasteiger partial charge in [0.2, 0.25) is 0 Å². The smallest absolute Gasteiger partial charge is 0.261 e. The van der Waals surface area contributed by atoms with Crippen molar-refractivity contribution in [2.45, 2.75) is 11.8 Å². The van der Waals surface area contributed by atoms with Crippen LogP contribution in [0.3, 0.4) is 0 Å². The molecule has 3 rings (SSSR count). The van der Waals surface area contributed by atoms with Crippen molar-refractivity contribution in [3.05, 3.63) is 83.9 Å². The largest absolute Gasteiger partial charge is 0.493 e.